The Morgan fingerprint density at radius 2 is 1.80 bits per heavy atom. The summed E-state index contributed by atoms with van der Waals surface area (Å²) in [7, 11) is 0. The Morgan fingerprint density at radius 3 is 1.80 bits per heavy atom. The van der Waals surface area contributed by atoms with Crippen molar-refractivity contribution < 1.29 is 0 Å². The predicted octanol–water partition coefficient (Wildman–Crippen LogP) is 0.820. The summed E-state index contributed by atoms with van der Waals surface area (Å²) >= 11 is 5.06. The molecule has 0 spiro atoms. The Balaban J connectivity index is 0. The van der Waals surface area contributed by atoms with Crippen LogP contribution in [0.1, 0.15) is 7.43 Å². The normalized spacial score (nSPS) is 6.00. The van der Waals surface area contributed by atoms with Gasteiger partial charge in [0.05, 0.1) is 0 Å². The van der Waals surface area contributed by atoms with E-state index in [1.54, 1.807) is 0 Å². The van der Waals surface area contributed by atoms with Crippen molar-refractivity contribution in [3.05, 3.63) is 0 Å². The molecule has 0 heterocycles. The van der Waals surface area contributed by atoms with Gasteiger partial charge in [-0.15, -0.1) is 11.6 Å². The van der Waals surface area contributed by atoms with Gasteiger partial charge < -0.3 is 5.73 Å². The lowest BCUT2D eigenvalue weighted by atomic mass is 10.8. The molecule has 2 N–H and O–H groups in total. The fraction of sp³-hybridized carbons (Fsp3) is 1.00. The molecule has 0 aliphatic rings. The number of rotatable bonds is 1. The minimum atomic E-state index is 0. The first-order valence-corrected chi connectivity index (χ1v) is 1.71. The maximum Gasteiger partial charge on any atom is 0.0346 e. The Morgan fingerprint density at radius 1 is 1.60 bits per heavy atom. The van der Waals surface area contributed by atoms with Crippen molar-refractivity contribution in [1.82, 2.24) is 0 Å². The highest BCUT2D eigenvalue weighted by Crippen LogP contribution is 1.60. The zero-order valence-electron chi connectivity index (χ0n) is 2.37. The SMILES string of the molecule is C.NCCCl. The van der Waals surface area contributed by atoms with E-state index in [1.807, 2.05) is 0 Å². The first kappa shape index (κ1) is 8.98. The maximum atomic E-state index is 5.06. The summed E-state index contributed by atoms with van der Waals surface area (Å²) in [6, 6.07) is 0. The van der Waals surface area contributed by atoms with Gasteiger partial charge in [0.1, 0.15) is 0 Å². The Labute approximate surface area is 38.1 Å². The molecular weight excluding hydrogens is 85.5 g/mol. The van der Waals surface area contributed by atoms with Gasteiger partial charge in [-0.25, -0.2) is 0 Å². The first-order chi connectivity index (χ1) is 1.91. The second-order valence-electron chi connectivity index (χ2n) is 0.478. The van der Waals surface area contributed by atoms with Crippen molar-refractivity contribution in [3.63, 3.8) is 0 Å². The molecule has 5 heavy (non-hydrogen) atoms. The summed E-state index contributed by atoms with van der Waals surface area (Å²) < 4.78 is 0. The van der Waals surface area contributed by atoms with E-state index in [9.17, 15) is 0 Å². The summed E-state index contributed by atoms with van der Waals surface area (Å²) in [4.78, 5) is 0. The van der Waals surface area contributed by atoms with Crippen molar-refractivity contribution >= 4 is 11.6 Å². The van der Waals surface area contributed by atoms with Crippen LogP contribution in [0.3, 0.4) is 0 Å². The van der Waals surface area contributed by atoms with Gasteiger partial charge in [0.15, 0.2) is 0 Å². The van der Waals surface area contributed by atoms with Crippen LogP contribution in [0.5, 0.6) is 0 Å². The molecule has 0 aliphatic heterocycles. The molecule has 2 heteroatoms. The third-order valence-electron chi connectivity index (χ3n) is 0.109. The van der Waals surface area contributed by atoms with Crippen LogP contribution < -0.4 is 5.73 Å². The lowest BCUT2D eigenvalue weighted by Gasteiger charge is -1.68. The first-order valence-electron chi connectivity index (χ1n) is 1.18. The number of hydrogen-bond acceptors (Lipinski definition) is 1. The molecule has 0 bridgehead atoms. The van der Waals surface area contributed by atoms with Crippen LogP contribution in [-0.2, 0) is 0 Å². The van der Waals surface area contributed by atoms with Crippen molar-refractivity contribution in [1.29, 1.82) is 0 Å². The third-order valence-corrected chi connectivity index (χ3v) is 0.327. The molecule has 0 aromatic rings. The van der Waals surface area contributed by atoms with E-state index in [0.717, 1.165) is 0 Å². The van der Waals surface area contributed by atoms with E-state index in [2.05, 4.69) is 0 Å². The minimum Gasteiger partial charge on any atom is -0.329 e. The largest absolute Gasteiger partial charge is 0.329 e. The fourth-order valence-corrected chi connectivity index (χ4v) is 0. The van der Waals surface area contributed by atoms with Crippen LogP contribution in [-0.4, -0.2) is 12.4 Å². The molecule has 0 aromatic heterocycles. The van der Waals surface area contributed by atoms with E-state index in [0.29, 0.717) is 12.4 Å². The highest BCUT2D eigenvalue weighted by atomic mass is 35.5. The van der Waals surface area contributed by atoms with Gasteiger partial charge in [-0.05, 0) is 0 Å². The second kappa shape index (κ2) is 8.87. The quantitative estimate of drug-likeness (QED) is 0.480. The van der Waals surface area contributed by atoms with Gasteiger partial charge in [0, 0.05) is 12.4 Å². The van der Waals surface area contributed by atoms with Crippen LogP contribution in [0.2, 0.25) is 0 Å². The van der Waals surface area contributed by atoms with Crippen LogP contribution in [0.15, 0.2) is 0 Å². The summed E-state index contributed by atoms with van der Waals surface area (Å²) in [6.45, 7) is 0.585. The topological polar surface area (TPSA) is 26.0 Å². The molecule has 0 saturated carbocycles. The standard InChI is InChI=1S/C2H6ClN.CH4/c3-1-2-4;/h1-2,4H2;1H4. The third kappa shape index (κ3) is 13.8. The number of nitrogens with two attached hydrogens (primary N) is 1. The van der Waals surface area contributed by atoms with Gasteiger partial charge in [0.25, 0.3) is 0 Å². The smallest absolute Gasteiger partial charge is 0.0346 e. The molecule has 0 aromatic carbocycles. The predicted molar refractivity (Wildman–Crippen MR) is 26.5 cm³/mol. The summed E-state index contributed by atoms with van der Waals surface area (Å²) in [5, 5.41) is 0. The summed E-state index contributed by atoms with van der Waals surface area (Å²) in [5.74, 6) is 0.569. The molecule has 0 aliphatic carbocycles. The molecule has 0 unspecified atom stereocenters. The van der Waals surface area contributed by atoms with E-state index in [1.165, 1.54) is 0 Å². The number of alkyl halides is 1. The maximum absolute atomic E-state index is 5.06. The number of hydrogen-bond donors (Lipinski definition) is 1. The van der Waals surface area contributed by atoms with Gasteiger partial charge >= 0.3 is 0 Å². The van der Waals surface area contributed by atoms with Gasteiger partial charge in [-0.1, -0.05) is 7.43 Å². The van der Waals surface area contributed by atoms with Crippen LogP contribution in [0.25, 0.3) is 0 Å². The second-order valence-corrected chi connectivity index (χ2v) is 0.856. The highest BCUT2D eigenvalue weighted by Gasteiger charge is 1.58. The van der Waals surface area contributed by atoms with E-state index in [-0.39, 0.29) is 7.43 Å². The lowest BCUT2D eigenvalue weighted by Crippen LogP contribution is -1.97. The number of halogens is 1. The molecular formula is C3H10ClN. The van der Waals surface area contributed by atoms with Gasteiger partial charge in [0.2, 0.25) is 0 Å². The van der Waals surface area contributed by atoms with E-state index < -0.39 is 0 Å². The molecule has 0 atom stereocenters. The minimum absolute atomic E-state index is 0. The molecule has 0 fully saturated rings. The highest BCUT2D eigenvalue weighted by molar-refractivity contribution is 6.18. The average Bonchev–Trinajstić information content (AvgIpc) is 1.37. The average molecular weight is 95.6 g/mol. The Kier molecular flexibility index (Phi) is 15.9. The summed E-state index contributed by atoms with van der Waals surface area (Å²) in [6.07, 6.45) is 0. The Hall–Kier alpha value is 0.250. The molecule has 0 saturated heterocycles. The van der Waals surface area contributed by atoms with Crippen LogP contribution in [0.4, 0.5) is 0 Å². The molecule has 1 nitrogen and oxygen atoms in total. The van der Waals surface area contributed by atoms with Crippen molar-refractivity contribution in [2.75, 3.05) is 12.4 Å². The van der Waals surface area contributed by atoms with Crippen molar-refractivity contribution in [2.45, 2.75) is 7.43 Å². The Bertz CT molecular complexity index is 8.85. The van der Waals surface area contributed by atoms with Crippen LogP contribution in [0, 0.1) is 0 Å². The molecule has 34 valence electrons. The van der Waals surface area contributed by atoms with E-state index in [4.69, 9.17) is 17.3 Å². The van der Waals surface area contributed by atoms with Gasteiger partial charge in [-0.3, -0.25) is 0 Å². The van der Waals surface area contributed by atoms with Crippen molar-refractivity contribution in [2.24, 2.45) is 5.73 Å². The fourth-order valence-electron chi connectivity index (χ4n) is 0. The lowest BCUT2D eigenvalue weighted by molar-refractivity contribution is 1.14. The zero-order valence-corrected chi connectivity index (χ0v) is 3.13. The molecule has 0 rings (SSSR count). The van der Waals surface area contributed by atoms with Gasteiger partial charge in [-0.2, -0.15) is 0 Å². The molecule has 0 amide bonds. The van der Waals surface area contributed by atoms with E-state index >= 15 is 0 Å². The zero-order chi connectivity index (χ0) is 3.41. The van der Waals surface area contributed by atoms with Crippen molar-refractivity contribution in [3.8, 4) is 0 Å². The monoisotopic (exact) mass is 95.1 g/mol. The molecule has 0 radical (unpaired) electrons. The summed E-state index contributed by atoms with van der Waals surface area (Å²) in [5.41, 5.74) is 4.90. The van der Waals surface area contributed by atoms with Crippen LogP contribution >= 0.6 is 11.6 Å².